The Labute approximate surface area is 115 Å². The number of carboxylic acids is 1. The normalized spacial score (nSPS) is 20.0. The Kier molecular flexibility index (Phi) is 3.89. The second kappa shape index (κ2) is 5.46. The van der Waals surface area contributed by atoms with E-state index in [0.29, 0.717) is 24.3 Å². The number of piperazine rings is 1. The number of amides is 2. The molecule has 2 rings (SSSR count). The van der Waals surface area contributed by atoms with Crippen molar-refractivity contribution in [3.05, 3.63) is 23.2 Å². The number of nitrogens with one attached hydrogen (secondary N) is 1. The summed E-state index contributed by atoms with van der Waals surface area (Å²) in [6.45, 7) is 3.93. The van der Waals surface area contributed by atoms with E-state index in [1.165, 1.54) is 6.07 Å². The zero-order chi connectivity index (χ0) is 14.9. The SMILES string of the molecule is CCC1C(=O)NC(=O)CN1Cc1cc(C(=O)O)oc1C. The quantitative estimate of drug-likeness (QED) is 0.780. The number of aromatic carboxylic acids is 1. The maximum Gasteiger partial charge on any atom is 0.371 e. The largest absolute Gasteiger partial charge is 0.475 e. The van der Waals surface area contributed by atoms with Crippen LogP contribution in [-0.2, 0) is 16.1 Å². The standard InChI is InChI=1S/C13H16N2O5/c1-3-9-12(17)14-11(16)6-15(9)5-8-4-10(13(18)19)20-7(8)2/h4,9H,3,5-6H2,1-2H3,(H,18,19)(H,14,16,17). The van der Waals surface area contributed by atoms with Crippen LogP contribution < -0.4 is 5.32 Å². The lowest BCUT2D eigenvalue weighted by Gasteiger charge is -2.33. The molecule has 0 aromatic carbocycles. The molecule has 2 amide bonds. The van der Waals surface area contributed by atoms with E-state index in [1.807, 2.05) is 6.92 Å². The van der Waals surface area contributed by atoms with Gasteiger partial charge in [-0.1, -0.05) is 6.92 Å². The number of hydrogen-bond acceptors (Lipinski definition) is 5. The third-order valence-electron chi connectivity index (χ3n) is 3.34. The maximum absolute atomic E-state index is 11.7. The van der Waals surface area contributed by atoms with Crippen LogP contribution >= 0.6 is 0 Å². The van der Waals surface area contributed by atoms with Crippen molar-refractivity contribution >= 4 is 17.8 Å². The van der Waals surface area contributed by atoms with Crippen LogP contribution in [0.4, 0.5) is 0 Å². The van der Waals surface area contributed by atoms with Gasteiger partial charge in [-0.25, -0.2) is 4.79 Å². The molecule has 1 aromatic rings. The predicted molar refractivity (Wildman–Crippen MR) is 68.0 cm³/mol. The lowest BCUT2D eigenvalue weighted by molar-refractivity contribution is -0.140. The maximum atomic E-state index is 11.7. The van der Waals surface area contributed by atoms with E-state index in [2.05, 4.69) is 5.32 Å². The minimum atomic E-state index is -1.14. The molecule has 7 heteroatoms. The monoisotopic (exact) mass is 280 g/mol. The van der Waals surface area contributed by atoms with Crippen LogP contribution in [0.1, 0.15) is 35.2 Å². The fourth-order valence-corrected chi connectivity index (χ4v) is 2.33. The van der Waals surface area contributed by atoms with Crippen LogP contribution in [0.25, 0.3) is 0 Å². The first-order valence-corrected chi connectivity index (χ1v) is 6.32. The van der Waals surface area contributed by atoms with Crippen molar-refractivity contribution in [2.75, 3.05) is 6.54 Å². The van der Waals surface area contributed by atoms with Crippen molar-refractivity contribution in [3.63, 3.8) is 0 Å². The molecule has 0 saturated carbocycles. The minimum Gasteiger partial charge on any atom is -0.475 e. The molecule has 1 fully saturated rings. The summed E-state index contributed by atoms with van der Waals surface area (Å²) < 4.78 is 5.13. The molecule has 2 heterocycles. The molecule has 1 atom stereocenters. The summed E-state index contributed by atoms with van der Waals surface area (Å²) in [4.78, 5) is 35.8. The first-order chi connectivity index (χ1) is 9.42. The van der Waals surface area contributed by atoms with Crippen molar-refractivity contribution in [1.82, 2.24) is 10.2 Å². The van der Waals surface area contributed by atoms with Gasteiger partial charge >= 0.3 is 5.97 Å². The number of furan rings is 1. The first-order valence-electron chi connectivity index (χ1n) is 6.32. The highest BCUT2D eigenvalue weighted by molar-refractivity contribution is 6.01. The van der Waals surface area contributed by atoms with Crippen molar-refractivity contribution in [1.29, 1.82) is 0 Å². The van der Waals surface area contributed by atoms with E-state index in [0.717, 1.165) is 0 Å². The lowest BCUT2D eigenvalue weighted by Crippen LogP contribution is -2.57. The molecule has 1 unspecified atom stereocenters. The Morgan fingerprint density at radius 3 is 2.80 bits per heavy atom. The zero-order valence-electron chi connectivity index (χ0n) is 11.3. The fraction of sp³-hybridized carbons (Fsp3) is 0.462. The van der Waals surface area contributed by atoms with Crippen molar-refractivity contribution in [3.8, 4) is 0 Å². The van der Waals surface area contributed by atoms with Crippen LogP contribution in [-0.4, -0.2) is 40.4 Å². The lowest BCUT2D eigenvalue weighted by atomic mass is 10.1. The second-order valence-electron chi connectivity index (χ2n) is 4.74. The molecule has 0 aliphatic carbocycles. The van der Waals surface area contributed by atoms with Gasteiger partial charge in [0, 0.05) is 12.1 Å². The molecule has 7 nitrogen and oxygen atoms in total. The Morgan fingerprint density at radius 2 is 2.25 bits per heavy atom. The molecule has 1 saturated heterocycles. The molecule has 1 aromatic heterocycles. The number of hydrogen-bond donors (Lipinski definition) is 2. The van der Waals surface area contributed by atoms with Crippen molar-refractivity contribution in [2.24, 2.45) is 0 Å². The number of aryl methyl sites for hydroxylation is 1. The molecular formula is C13H16N2O5. The Bertz CT molecular complexity index is 563. The Morgan fingerprint density at radius 1 is 1.55 bits per heavy atom. The summed E-state index contributed by atoms with van der Waals surface area (Å²) in [6.07, 6.45) is 0.571. The highest BCUT2D eigenvalue weighted by atomic mass is 16.4. The minimum absolute atomic E-state index is 0.108. The number of carbonyl (C=O) groups is 3. The average Bonchev–Trinajstić information content (AvgIpc) is 2.71. The van der Waals surface area contributed by atoms with Gasteiger partial charge in [0.2, 0.25) is 17.6 Å². The van der Waals surface area contributed by atoms with Gasteiger partial charge < -0.3 is 9.52 Å². The summed E-state index contributed by atoms with van der Waals surface area (Å²) in [5, 5.41) is 11.2. The molecule has 20 heavy (non-hydrogen) atoms. The third kappa shape index (κ3) is 2.72. The summed E-state index contributed by atoms with van der Waals surface area (Å²) in [5.74, 6) is -1.46. The third-order valence-corrected chi connectivity index (χ3v) is 3.34. The van der Waals surface area contributed by atoms with Crippen LogP contribution in [0.3, 0.4) is 0 Å². The zero-order valence-corrected chi connectivity index (χ0v) is 11.3. The van der Waals surface area contributed by atoms with Crippen LogP contribution in [0.15, 0.2) is 10.5 Å². The van der Waals surface area contributed by atoms with E-state index < -0.39 is 12.0 Å². The Balaban J connectivity index is 2.20. The van der Waals surface area contributed by atoms with Gasteiger partial charge in [-0.15, -0.1) is 0 Å². The van der Waals surface area contributed by atoms with Gasteiger partial charge in [0.15, 0.2) is 0 Å². The summed E-state index contributed by atoms with van der Waals surface area (Å²) >= 11 is 0. The second-order valence-corrected chi connectivity index (χ2v) is 4.74. The van der Waals surface area contributed by atoms with Gasteiger partial charge in [0.05, 0.1) is 12.6 Å². The number of imide groups is 1. The number of rotatable bonds is 4. The van der Waals surface area contributed by atoms with Gasteiger partial charge in [0.1, 0.15) is 5.76 Å². The summed E-state index contributed by atoms with van der Waals surface area (Å²) in [5.41, 5.74) is 0.670. The molecule has 1 aliphatic heterocycles. The van der Waals surface area contributed by atoms with E-state index in [1.54, 1.807) is 11.8 Å². The number of carboxylic acid groups (broad SMARTS) is 1. The van der Waals surface area contributed by atoms with Gasteiger partial charge in [-0.3, -0.25) is 19.8 Å². The van der Waals surface area contributed by atoms with E-state index in [4.69, 9.17) is 9.52 Å². The number of carbonyl (C=O) groups excluding carboxylic acids is 2. The molecule has 0 bridgehead atoms. The molecular weight excluding hydrogens is 264 g/mol. The summed E-state index contributed by atoms with van der Waals surface area (Å²) in [6, 6.07) is 1.04. The van der Waals surface area contributed by atoms with Crippen LogP contribution in [0.5, 0.6) is 0 Å². The predicted octanol–water partition coefficient (Wildman–Crippen LogP) is 0.523. The number of nitrogens with zero attached hydrogens (tertiary/aromatic N) is 1. The van der Waals surface area contributed by atoms with Crippen LogP contribution in [0, 0.1) is 6.92 Å². The van der Waals surface area contributed by atoms with Gasteiger partial charge in [0.25, 0.3) is 0 Å². The molecule has 2 N–H and O–H groups in total. The van der Waals surface area contributed by atoms with E-state index in [9.17, 15) is 14.4 Å². The van der Waals surface area contributed by atoms with Gasteiger partial charge in [-0.05, 0) is 19.4 Å². The smallest absolute Gasteiger partial charge is 0.371 e. The van der Waals surface area contributed by atoms with E-state index in [-0.39, 0.29) is 24.1 Å². The van der Waals surface area contributed by atoms with E-state index >= 15 is 0 Å². The molecule has 0 spiro atoms. The first kappa shape index (κ1) is 14.3. The molecule has 1 aliphatic rings. The molecule has 108 valence electrons. The van der Waals surface area contributed by atoms with Crippen molar-refractivity contribution < 1.29 is 23.9 Å². The van der Waals surface area contributed by atoms with Crippen LogP contribution in [0.2, 0.25) is 0 Å². The highest BCUT2D eigenvalue weighted by Gasteiger charge is 2.33. The fourth-order valence-electron chi connectivity index (χ4n) is 2.33. The van der Waals surface area contributed by atoms with Crippen molar-refractivity contribution in [2.45, 2.75) is 32.9 Å². The topological polar surface area (TPSA) is 99.9 Å². The van der Waals surface area contributed by atoms with Gasteiger partial charge in [-0.2, -0.15) is 0 Å². The highest BCUT2D eigenvalue weighted by Crippen LogP contribution is 2.20. The Hall–Kier alpha value is -2.15. The average molecular weight is 280 g/mol. The molecule has 0 radical (unpaired) electrons. The summed E-state index contributed by atoms with van der Waals surface area (Å²) in [7, 11) is 0.